The Kier molecular flexibility index (Phi) is 7.00. The maximum Gasteiger partial charge on any atom is 0.0443 e. The summed E-state index contributed by atoms with van der Waals surface area (Å²) in [5, 5.41) is 3.50. The lowest BCUT2D eigenvalue weighted by atomic mass is 10.1. The zero-order valence-electron chi connectivity index (χ0n) is 14.0. The lowest BCUT2D eigenvalue weighted by Crippen LogP contribution is -2.33. The number of pyridine rings is 1. The molecule has 0 saturated carbocycles. The summed E-state index contributed by atoms with van der Waals surface area (Å²) in [5.74, 6) is 1.32. The normalized spacial score (nSPS) is 11.7. The number of rotatable bonds is 8. The van der Waals surface area contributed by atoms with Crippen LogP contribution in [-0.4, -0.2) is 24.1 Å². The van der Waals surface area contributed by atoms with Crippen LogP contribution in [0.2, 0.25) is 0 Å². The van der Waals surface area contributed by atoms with Gasteiger partial charge in [-0.25, -0.2) is 0 Å². The molecule has 114 valence electrons. The Balaban J connectivity index is 2.93. The fraction of sp³-hybridized carbons (Fsp3) is 0.706. The van der Waals surface area contributed by atoms with Gasteiger partial charge in [-0.05, 0) is 17.9 Å². The van der Waals surface area contributed by atoms with E-state index in [1.54, 1.807) is 0 Å². The fourth-order valence-electron chi connectivity index (χ4n) is 2.33. The average Bonchev–Trinajstić information content (AvgIpc) is 2.34. The van der Waals surface area contributed by atoms with Crippen molar-refractivity contribution in [2.75, 3.05) is 18.0 Å². The van der Waals surface area contributed by atoms with Crippen LogP contribution in [-0.2, 0) is 6.54 Å². The molecule has 0 unspecified atom stereocenters. The van der Waals surface area contributed by atoms with Crippen molar-refractivity contribution in [2.24, 2.45) is 11.8 Å². The lowest BCUT2D eigenvalue weighted by molar-refractivity contribution is 0.546. The van der Waals surface area contributed by atoms with E-state index in [2.05, 4.69) is 62.8 Å². The molecule has 0 spiro atoms. The van der Waals surface area contributed by atoms with Crippen LogP contribution in [0.1, 0.15) is 47.1 Å². The second kappa shape index (κ2) is 8.25. The lowest BCUT2D eigenvalue weighted by Gasteiger charge is -2.30. The molecule has 0 aliphatic carbocycles. The Morgan fingerprint density at radius 1 is 1.05 bits per heavy atom. The molecule has 1 rings (SSSR count). The molecular weight excluding hydrogens is 246 g/mol. The van der Waals surface area contributed by atoms with Crippen molar-refractivity contribution in [3.63, 3.8) is 0 Å². The number of hydrogen-bond acceptors (Lipinski definition) is 3. The predicted octanol–water partition coefficient (Wildman–Crippen LogP) is 3.70. The summed E-state index contributed by atoms with van der Waals surface area (Å²) >= 11 is 0. The van der Waals surface area contributed by atoms with Crippen molar-refractivity contribution in [2.45, 2.75) is 54.1 Å². The molecule has 1 aromatic heterocycles. The highest BCUT2D eigenvalue weighted by Gasteiger charge is 2.14. The second-order valence-corrected chi connectivity index (χ2v) is 6.73. The van der Waals surface area contributed by atoms with Crippen LogP contribution in [0, 0.1) is 11.8 Å². The number of hydrogen-bond donors (Lipinski definition) is 1. The molecule has 1 aromatic rings. The van der Waals surface area contributed by atoms with Gasteiger partial charge in [0.2, 0.25) is 0 Å². The minimum absolute atomic E-state index is 0.492. The molecule has 0 saturated heterocycles. The first-order valence-electron chi connectivity index (χ1n) is 7.81. The minimum atomic E-state index is 0.492. The molecule has 20 heavy (non-hydrogen) atoms. The third kappa shape index (κ3) is 5.91. The monoisotopic (exact) mass is 277 g/mol. The molecule has 0 radical (unpaired) electrons. The van der Waals surface area contributed by atoms with Gasteiger partial charge in [0.15, 0.2) is 0 Å². The smallest absolute Gasteiger partial charge is 0.0443 e. The van der Waals surface area contributed by atoms with Crippen LogP contribution in [0.5, 0.6) is 0 Å². The summed E-state index contributed by atoms with van der Waals surface area (Å²) in [6.45, 7) is 16.5. The van der Waals surface area contributed by atoms with Crippen molar-refractivity contribution >= 4 is 5.69 Å². The number of nitrogens with one attached hydrogen (secondary N) is 1. The van der Waals surface area contributed by atoms with Crippen LogP contribution in [0.4, 0.5) is 5.69 Å². The first kappa shape index (κ1) is 17.0. The highest BCUT2D eigenvalue weighted by Crippen LogP contribution is 2.22. The Morgan fingerprint density at radius 3 is 2.15 bits per heavy atom. The molecule has 3 heteroatoms. The van der Waals surface area contributed by atoms with Gasteiger partial charge in [0, 0.05) is 49.3 Å². The van der Waals surface area contributed by atoms with Gasteiger partial charge in [-0.15, -0.1) is 0 Å². The third-order valence-corrected chi connectivity index (χ3v) is 3.09. The molecule has 1 heterocycles. The SMILES string of the molecule is CC(C)CN(CC(C)C)c1ccncc1CNC(C)C. The van der Waals surface area contributed by atoms with Crippen LogP contribution >= 0.6 is 0 Å². The zero-order chi connectivity index (χ0) is 15.1. The molecule has 0 aliphatic heterocycles. The highest BCUT2D eigenvalue weighted by molar-refractivity contribution is 5.52. The second-order valence-electron chi connectivity index (χ2n) is 6.73. The third-order valence-electron chi connectivity index (χ3n) is 3.09. The van der Waals surface area contributed by atoms with Gasteiger partial charge in [-0.2, -0.15) is 0 Å². The van der Waals surface area contributed by atoms with Gasteiger partial charge in [0.1, 0.15) is 0 Å². The molecule has 0 aromatic carbocycles. The Hall–Kier alpha value is -1.09. The number of aromatic nitrogens is 1. The summed E-state index contributed by atoms with van der Waals surface area (Å²) in [7, 11) is 0. The average molecular weight is 277 g/mol. The van der Waals surface area contributed by atoms with Crippen molar-refractivity contribution in [3.05, 3.63) is 24.0 Å². The molecule has 0 aliphatic rings. The van der Waals surface area contributed by atoms with E-state index in [1.165, 1.54) is 11.3 Å². The van der Waals surface area contributed by atoms with E-state index in [-0.39, 0.29) is 0 Å². The van der Waals surface area contributed by atoms with Crippen LogP contribution < -0.4 is 10.2 Å². The first-order valence-corrected chi connectivity index (χ1v) is 7.81. The molecule has 0 bridgehead atoms. The molecular formula is C17H31N3. The van der Waals surface area contributed by atoms with E-state index >= 15 is 0 Å². The van der Waals surface area contributed by atoms with Crippen molar-refractivity contribution < 1.29 is 0 Å². The van der Waals surface area contributed by atoms with Gasteiger partial charge < -0.3 is 10.2 Å². The Labute approximate surface area is 124 Å². The zero-order valence-corrected chi connectivity index (χ0v) is 14.0. The van der Waals surface area contributed by atoms with Crippen LogP contribution in [0.3, 0.4) is 0 Å². The van der Waals surface area contributed by atoms with Crippen LogP contribution in [0.15, 0.2) is 18.5 Å². The maximum atomic E-state index is 4.30. The summed E-state index contributed by atoms with van der Waals surface area (Å²) in [6, 6.07) is 2.65. The fourth-order valence-corrected chi connectivity index (χ4v) is 2.33. The van der Waals surface area contributed by atoms with E-state index < -0.39 is 0 Å². The van der Waals surface area contributed by atoms with Crippen molar-refractivity contribution in [3.8, 4) is 0 Å². The van der Waals surface area contributed by atoms with Crippen molar-refractivity contribution in [1.82, 2.24) is 10.3 Å². The summed E-state index contributed by atoms with van der Waals surface area (Å²) in [4.78, 5) is 6.81. The van der Waals surface area contributed by atoms with E-state index in [4.69, 9.17) is 0 Å². The highest BCUT2D eigenvalue weighted by atomic mass is 15.1. The van der Waals surface area contributed by atoms with Gasteiger partial charge in [-0.1, -0.05) is 41.5 Å². The molecule has 0 atom stereocenters. The molecule has 0 amide bonds. The number of nitrogens with zero attached hydrogens (tertiary/aromatic N) is 2. The quantitative estimate of drug-likeness (QED) is 0.785. The van der Waals surface area contributed by atoms with Gasteiger partial charge >= 0.3 is 0 Å². The topological polar surface area (TPSA) is 28.2 Å². The minimum Gasteiger partial charge on any atom is -0.371 e. The first-order chi connectivity index (χ1) is 9.40. The van der Waals surface area contributed by atoms with Crippen molar-refractivity contribution in [1.29, 1.82) is 0 Å². The standard InChI is InChI=1S/C17H31N3/c1-13(2)11-20(12-14(3)4)17-7-8-18-9-16(17)10-19-15(5)6/h7-9,13-15,19H,10-12H2,1-6H3. The largest absolute Gasteiger partial charge is 0.371 e. The summed E-state index contributed by atoms with van der Waals surface area (Å²) < 4.78 is 0. The van der Waals surface area contributed by atoms with Gasteiger partial charge in [0.25, 0.3) is 0 Å². The van der Waals surface area contributed by atoms with E-state index in [0.29, 0.717) is 17.9 Å². The van der Waals surface area contributed by atoms with Gasteiger partial charge in [-0.3, -0.25) is 4.98 Å². The summed E-state index contributed by atoms with van der Waals surface area (Å²) in [5.41, 5.74) is 2.62. The van der Waals surface area contributed by atoms with E-state index in [0.717, 1.165) is 19.6 Å². The maximum absolute atomic E-state index is 4.30. The van der Waals surface area contributed by atoms with E-state index in [1.807, 2.05) is 12.4 Å². The predicted molar refractivity (Wildman–Crippen MR) is 88.1 cm³/mol. The van der Waals surface area contributed by atoms with E-state index in [9.17, 15) is 0 Å². The summed E-state index contributed by atoms with van der Waals surface area (Å²) in [6.07, 6.45) is 3.90. The number of anilines is 1. The Bertz CT molecular complexity index is 376. The molecule has 0 fully saturated rings. The molecule has 1 N–H and O–H groups in total. The van der Waals surface area contributed by atoms with Gasteiger partial charge in [0.05, 0.1) is 0 Å². The van der Waals surface area contributed by atoms with Crippen LogP contribution in [0.25, 0.3) is 0 Å². The Morgan fingerprint density at radius 2 is 1.65 bits per heavy atom. The molecule has 3 nitrogen and oxygen atoms in total.